The molecule has 3 unspecified atom stereocenters. The lowest BCUT2D eigenvalue weighted by Crippen LogP contribution is -2.47. The van der Waals surface area contributed by atoms with Gasteiger partial charge in [0, 0.05) is 17.9 Å². The second-order valence-electron chi connectivity index (χ2n) is 8.39. The number of aliphatic hydroxyl groups is 2. The molecular weight excluding hydrogens is 316 g/mol. The SMILES string of the molecule is CC(=O)C1=C(O)CC(C)(O)C(C(C)=O)C1c1ccc(C(C)(C)C)cc1. The molecular formula is C21H28O4. The van der Waals surface area contributed by atoms with Gasteiger partial charge in [-0.15, -0.1) is 0 Å². The van der Waals surface area contributed by atoms with E-state index in [9.17, 15) is 19.8 Å². The average molecular weight is 344 g/mol. The molecule has 0 heterocycles. The molecule has 0 saturated heterocycles. The second-order valence-corrected chi connectivity index (χ2v) is 8.39. The van der Waals surface area contributed by atoms with Gasteiger partial charge in [-0.2, -0.15) is 0 Å². The Kier molecular flexibility index (Phi) is 4.97. The molecule has 3 atom stereocenters. The molecule has 4 heteroatoms. The molecule has 0 amide bonds. The summed E-state index contributed by atoms with van der Waals surface area (Å²) in [4.78, 5) is 24.5. The smallest absolute Gasteiger partial charge is 0.159 e. The first-order chi connectivity index (χ1) is 11.4. The Balaban J connectivity index is 2.64. The third-order valence-electron chi connectivity index (χ3n) is 5.10. The van der Waals surface area contributed by atoms with Crippen LogP contribution in [0.15, 0.2) is 35.6 Å². The van der Waals surface area contributed by atoms with Gasteiger partial charge in [-0.1, -0.05) is 45.0 Å². The number of carbonyl (C=O) groups excluding carboxylic acids is 2. The second kappa shape index (κ2) is 6.41. The average Bonchev–Trinajstić information content (AvgIpc) is 2.43. The number of ketones is 2. The highest BCUT2D eigenvalue weighted by molar-refractivity contribution is 5.97. The summed E-state index contributed by atoms with van der Waals surface area (Å²) < 4.78 is 0. The number of carbonyl (C=O) groups is 2. The molecule has 2 rings (SSSR count). The Morgan fingerprint density at radius 3 is 2.04 bits per heavy atom. The van der Waals surface area contributed by atoms with Gasteiger partial charge in [0.1, 0.15) is 11.5 Å². The van der Waals surface area contributed by atoms with Crippen LogP contribution in [-0.4, -0.2) is 27.4 Å². The van der Waals surface area contributed by atoms with E-state index in [1.807, 2.05) is 24.3 Å². The Morgan fingerprint density at radius 1 is 1.12 bits per heavy atom. The molecule has 1 aromatic carbocycles. The summed E-state index contributed by atoms with van der Waals surface area (Å²) in [6.07, 6.45) is -0.0945. The molecule has 0 bridgehead atoms. The fourth-order valence-electron chi connectivity index (χ4n) is 3.89. The zero-order chi connectivity index (χ0) is 19.2. The van der Waals surface area contributed by atoms with E-state index >= 15 is 0 Å². The zero-order valence-electron chi connectivity index (χ0n) is 15.9. The highest BCUT2D eigenvalue weighted by atomic mass is 16.3. The summed E-state index contributed by atoms with van der Waals surface area (Å²) in [5.41, 5.74) is 0.705. The van der Waals surface area contributed by atoms with Crippen molar-refractivity contribution in [3.05, 3.63) is 46.7 Å². The van der Waals surface area contributed by atoms with Crippen LogP contribution in [0.5, 0.6) is 0 Å². The van der Waals surface area contributed by atoms with E-state index in [1.165, 1.54) is 13.8 Å². The first-order valence-corrected chi connectivity index (χ1v) is 8.62. The molecule has 0 saturated carbocycles. The van der Waals surface area contributed by atoms with Gasteiger partial charge in [-0.05, 0) is 37.3 Å². The van der Waals surface area contributed by atoms with E-state index in [1.54, 1.807) is 6.92 Å². The van der Waals surface area contributed by atoms with Crippen LogP contribution in [0.3, 0.4) is 0 Å². The van der Waals surface area contributed by atoms with Gasteiger partial charge in [-0.25, -0.2) is 0 Å². The van der Waals surface area contributed by atoms with Gasteiger partial charge < -0.3 is 10.2 Å². The minimum Gasteiger partial charge on any atom is -0.512 e. The van der Waals surface area contributed by atoms with E-state index in [0.717, 1.165) is 11.1 Å². The van der Waals surface area contributed by atoms with Gasteiger partial charge in [0.2, 0.25) is 0 Å². The molecule has 25 heavy (non-hydrogen) atoms. The van der Waals surface area contributed by atoms with Crippen LogP contribution >= 0.6 is 0 Å². The minimum absolute atomic E-state index is 0.0159. The molecule has 2 N–H and O–H groups in total. The Hall–Kier alpha value is -1.94. The van der Waals surface area contributed by atoms with Gasteiger partial charge in [0.05, 0.1) is 11.5 Å². The summed E-state index contributed by atoms with van der Waals surface area (Å²) in [7, 11) is 0. The molecule has 0 radical (unpaired) electrons. The number of rotatable bonds is 3. The van der Waals surface area contributed by atoms with Crippen LogP contribution < -0.4 is 0 Å². The highest BCUT2D eigenvalue weighted by Gasteiger charge is 2.49. The number of hydrogen-bond acceptors (Lipinski definition) is 4. The molecule has 0 spiro atoms. The van der Waals surface area contributed by atoms with Crippen LogP contribution in [0.1, 0.15) is 65.0 Å². The van der Waals surface area contributed by atoms with Crippen molar-refractivity contribution in [3.63, 3.8) is 0 Å². The molecule has 1 aromatic rings. The van der Waals surface area contributed by atoms with Gasteiger partial charge >= 0.3 is 0 Å². The Labute approximate surface area is 149 Å². The van der Waals surface area contributed by atoms with Crippen LogP contribution in [-0.2, 0) is 15.0 Å². The maximum atomic E-state index is 12.3. The third kappa shape index (κ3) is 3.69. The van der Waals surface area contributed by atoms with Crippen molar-refractivity contribution in [1.82, 2.24) is 0 Å². The number of allylic oxidation sites excluding steroid dienone is 1. The van der Waals surface area contributed by atoms with Crippen molar-refractivity contribution in [2.45, 2.75) is 64.9 Å². The van der Waals surface area contributed by atoms with Crippen molar-refractivity contribution >= 4 is 11.6 Å². The fraction of sp³-hybridized carbons (Fsp3) is 0.524. The molecule has 1 aliphatic carbocycles. The van der Waals surface area contributed by atoms with Gasteiger partial charge in [-0.3, -0.25) is 9.59 Å². The van der Waals surface area contributed by atoms with Crippen molar-refractivity contribution < 1.29 is 19.8 Å². The van der Waals surface area contributed by atoms with E-state index in [0.29, 0.717) is 0 Å². The van der Waals surface area contributed by atoms with Gasteiger partial charge in [0.25, 0.3) is 0 Å². The number of aliphatic hydroxyl groups excluding tert-OH is 1. The molecule has 1 aliphatic rings. The monoisotopic (exact) mass is 344 g/mol. The van der Waals surface area contributed by atoms with E-state index in [4.69, 9.17) is 0 Å². The maximum absolute atomic E-state index is 12.3. The first kappa shape index (κ1) is 19.4. The summed E-state index contributed by atoms with van der Waals surface area (Å²) in [6.45, 7) is 10.7. The number of Topliss-reactive ketones (excluding diaryl/α,β-unsaturated/α-hetero) is 2. The van der Waals surface area contributed by atoms with Crippen LogP contribution in [0.25, 0.3) is 0 Å². The lowest BCUT2D eigenvalue weighted by Gasteiger charge is -2.42. The quantitative estimate of drug-likeness (QED) is 0.874. The van der Waals surface area contributed by atoms with Crippen LogP contribution in [0.2, 0.25) is 0 Å². The Bertz CT molecular complexity index is 717. The topological polar surface area (TPSA) is 74.6 Å². The van der Waals surface area contributed by atoms with Crippen molar-refractivity contribution in [3.8, 4) is 0 Å². The van der Waals surface area contributed by atoms with E-state index < -0.39 is 17.4 Å². The lowest BCUT2D eigenvalue weighted by molar-refractivity contribution is -0.132. The van der Waals surface area contributed by atoms with Crippen molar-refractivity contribution in [1.29, 1.82) is 0 Å². The fourth-order valence-corrected chi connectivity index (χ4v) is 3.89. The summed E-state index contributed by atoms with van der Waals surface area (Å²) in [6, 6.07) is 7.73. The molecule has 0 aliphatic heterocycles. The highest BCUT2D eigenvalue weighted by Crippen LogP contribution is 2.47. The molecule has 0 aromatic heterocycles. The van der Waals surface area contributed by atoms with Crippen molar-refractivity contribution in [2.24, 2.45) is 5.92 Å². The zero-order valence-corrected chi connectivity index (χ0v) is 15.9. The Morgan fingerprint density at radius 2 is 1.64 bits per heavy atom. The molecule has 0 fully saturated rings. The van der Waals surface area contributed by atoms with E-state index in [2.05, 4.69) is 20.8 Å². The van der Waals surface area contributed by atoms with Crippen LogP contribution in [0.4, 0.5) is 0 Å². The summed E-state index contributed by atoms with van der Waals surface area (Å²) in [5.74, 6) is -2.01. The van der Waals surface area contributed by atoms with Crippen molar-refractivity contribution in [2.75, 3.05) is 0 Å². The predicted molar refractivity (Wildman–Crippen MR) is 97.6 cm³/mol. The minimum atomic E-state index is -1.40. The largest absolute Gasteiger partial charge is 0.512 e. The predicted octanol–water partition coefficient (Wildman–Crippen LogP) is 3.83. The van der Waals surface area contributed by atoms with E-state index in [-0.39, 0.29) is 34.7 Å². The summed E-state index contributed by atoms with van der Waals surface area (Å²) >= 11 is 0. The molecule has 136 valence electrons. The van der Waals surface area contributed by atoms with Gasteiger partial charge in [0.15, 0.2) is 5.78 Å². The number of hydrogen-bond donors (Lipinski definition) is 2. The third-order valence-corrected chi connectivity index (χ3v) is 5.10. The number of benzene rings is 1. The molecule has 4 nitrogen and oxygen atoms in total. The van der Waals surface area contributed by atoms with Crippen LogP contribution in [0, 0.1) is 5.92 Å². The normalized spacial score (nSPS) is 27.3. The standard InChI is InChI=1S/C21H28O4/c1-12(22)17-16(24)11-21(6,25)19(13(2)23)18(17)14-7-9-15(10-8-14)20(3,4)5/h7-10,18-19,24-25H,11H2,1-6H3. The maximum Gasteiger partial charge on any atom is 0.159 e. The lowest BCUT2D eigenvalue weighted by atomic mass is 9.64. The first-order valence-electron chi connectivity index (χ1n) is 8.62. The summed E-state index contributed by atoms with van der Waals surface area (Å²) in [5, 5.41) is 21.1.